The molecule has 2 aliphatic heterocycles. The number of amides is 1. The van der Waals surface area contributed by atoms with Gasteiger partial charge in [0, 0.05) is 56.2 Å². The highest BCUT2D eigenvalue weighted by atomic mass is 16.6. The molecule has 1 fully saturated rings. The predicted molar refractivity (Wildman–Crippen MR) is 133 cm³/mol. The number of benzene rings is 1. The first kappa shape index (κ1) is 23.9. The summed E-state index contributed by atoms with van der Waals surface area (Å²) in [5, 5.41) is 9.80. The number of aromatic carboxylic acids is 1. The van der Waals surface area contributed by atoms with Gasteiger partial charge in [-0.3, -0.25) is 0 Å². The maximum absolute atomic E-state index is 12.3. The van der Waals surface area contributed by atoms with Gasteiger partial charge in [0.05, 0.1) is 5.56 Å². The fourth-order valence-corrected chi connectivity index (χ4v) is 4.61. The lowest BCUT2D eigenvalue weighted by Crippen LogP contribution is -2.50. The Kier molecular flexibility index (Phi) is 6.43. The summed E-state index contributed by atoms with van der Waals surface area (Å²) in [7, 11) is 0. The minimum atomic E-state index is -0.892. The van der Waals surface area contributed by atoms with E-state index in [1.54, 1.807) is 17.2 Å². The number of carboxylic acids is 1. The van der Waals surface area contributed by atoms with E-state index in [0.717, 1.165) is 41.2 Å². The molecular formula is C26H34N4O4. The zero-order valence-electron chi connectivity index (χ0n) is 20.7. The highest BCUT2D eigenvalue weighted by molar-refractivity contribution is 5.94. The summed E-state index contributed by atoms with van der Waals surface area (Å²) in [6.07, 6.45) is 2.27. The maximum Gasteiger partial charge on any atom is 0.410 e. The number of rotatable bonds is 4. The van der Waals surface area contributed by atoms with Gasteiger partial charge in [-0.25, -0.2) is 14.6 Å². The number of hydrogen-bond donors (Lipinski definition) is 1. The Morgan fingerprint density at radius 1 is 1.03 bits per heavy atom. The number of pyridine rings is 1. The van der Waals surface area contributed by atoms with Crippen LogP contribution in [0.5, 0.6) is 0 Å². The van der Waals surface area contributed by atoms with Gasteiger partial charge in [-0.15, -0.1) is 0 Å². The maximum atomic E-state index is 12.3. The van der Waals surface area contributed by atoms with E-state index < -0.39 is 11.6 Å². The van der Waals surface area contributed by atoms with E-state index in [0.29, 0.717) is 37.8 Å². The zero-order valence-corrected chi connectivity index (χ0v) is 20.7. The quantitative estimate of drug-likeness (QED) is 0.720. The minimum Gasteiger partial charge on any atom is -0.478 e. The van der Waals surface area contributed by atoms with Crippen molar-refractivity contribution in [3.63, 3.8) is 0 Å². The smallest absolute Gasteiger partial charge is 0.410 e. The summed E-state index contributed by atoms with van der Waals surface area (Å²) < 4.78 is 5.47. The van der Waals surface area contributed by atoms with Gasteiger partial charge in [0.15, 0.2) is 0 Å². The highest BCUT2D eigenvalue weighted by Crippen LogP contribution is 2.37. The number of carbonyl (C=O) groups is 2. The fourth-order valence-electron chi connectivity index (χ4n) is 4.61. The van der Waals surface area contributed by atoms with Gasteiger partial charge in [0.1, 0.15) is 11.4 Å². The Bertz CT molecular complexity index is 1070. The summed E-state index contributed by atoms with van der Waals surface area (Å²) in [6, 6.07) is 8.11. The molecule has 1 aromatic heterocycles. The van der Waals surface area contributed by atoms with Crippen LogP contribution in [-0.2, 0) is 11.2 Å². The molecule has 0 saturated carbocycles. The molecule has 1 amide bonds. The van der Waals surface area contributed by atoms with Gasteiger partial charge in [-0.05, 0) is 76.4 Å². The van der Waals surface area contributed by atoms with Gasteiger partial charge in [-0.2, -0.15) is 0 Å². The molecule has 34 heavy (non-hydrogen) atoms. The summed E-state index contributed by atoms with van der Waals surface area (Å²) >= 11 is 0. The number of piperazine rings is 1. The molecule has 8 nitrogen and oxygen atoms in total. The number of carboxylic acid groups (broad SMARTS) is 1. The van der Waals surface area contributed by atoms with Crippen molar-refractivity contribution in [3.05, 3.63) is 41.6 Å². The van der Waals surface area contributed by atoms with Crippen molar-refractivity contribution in [2.45, 2.75) is 52.7 Å². The molecule has 182 valence electrons. The third-order valence-electron chi connectivity index (χ3n) is 6.33. The number of anilines is 2. The fraction of sp³-hybridized carbons (Fsp3) is 0.500. The minimum absolute atomic E-state index is 0.281. The number of fused-ring (bicyclic) bond motifs is 1. The second-order valence-corrected chi connectivity index (χ2v) is 10.2. The SMILES string of the molecule is CC(C)N1CCc2c(C(=O)O)cc(-c3ccc(N4CCN(C(=O)OC(C)(C)C)CC4)nc3)cc21. The van der Waals surface area contributed by atoms with E-state index in [1.807, 2.05) is 32.9 Å². The molecule has 0 bridgehead atoms. The van der Waals surface area contributed by atoms with Crippen molar-refractivity contribution >= 4 is 23.6 Å². The molecule has 1 saturated heterocycles. The van der Waals surface area contributed by atoms with Crippen LogP contribution in [0.2, 0.25) is 0 Å². The lowest BCUT2D eigenvalue weighted by molar-refractivity contribution is 0.0240. The summed E-state index contributed by atoms with van der Waals surface area (Å²) in [5.41, 5.74) is 3.53. The largest absolute Gasteiger partial charge is 0.478 e. The Morgan fingerprint density at radius 3 is 2.29 bits per heavy atom. The van der Waals surface area contributed by atoms with Crippen LogP contribution >= 0.6 is 0 Å². The van der Waals surface area contributed by atoms with Gasteiger partial charge in [-0.1, -0.05) is 0 Å². The third kappa shape index (κ3) is 4.95. The molecule has 0 radical (unpaired) electrons. The lowest BCUT2D eigenvalue weighted by Gasteiger charge is -2.36. The van der Waals surface area contributed by atoms with Gasteiger partial charge in [0.25, 0.3) is 0 Å². The molecule has 0 aliphatic carbocycles. The first-order valence-electron chi connectivity index (χ1n) is 11.9. The molecule has 0 atom stereocenters. The monoisotopic (exact) mass is 466 g/mol. The number of nitrogens with zero attached hydrogens (tertiary/aromatic N) is 4. The Labute approximate surface area is 201 Å². The molecule has 1 aromatic carbocycles. The molecule has 8 heteroatoms. The second kappa shape index (κ2) is 9.16. The molecular weight excluding hydrogens is 432 g/mol. The van der Waals surface area contributed by atoms with Crippen LogP contribution < -0.4 is 9.80 Å². The van der Waals surface area contributed by atoms with Gasteiger partial charge in [0.2, 0.25) is 0 Å². The molecule has 2 aliphatic rings. The van der Waals surface area contributed by atoms with Crippen LogP contribution in [0, 0.1) is 0 Å². The van der Waals surface area contributed by atoms with Crippen LogP contribution in [0.3, 0.4) is 0 Å². The first-order chi connectivity index (χ1) is 16.0. The summed E-state index contributed by atoms with van der Waals surface area (Å²) in [6.45, 7) is 13.2. The van der Waals surface area contributed by atoms with Crippen LogP contribution in [0.25, 0.3) is 11.1 Å². The van der Waals surface area contributed by atoms with Crippen molar-refractivity contribution in [2.75, 3.05) is 42.5 Å². The molecule has 3 heterocycles. The van der Waals surface area contributed by atoms with E-state index in [-0.39, 0.29) is 6.09 Å². The number of carbonyl (C=O) groups excluding carboxylic acids is 1. The van der Waals surface area contributed by atoms with E-state index in [1.165, 1.54) is 0 Å². The van der Waals surface area contributed by atoms with E-state index in [4.69, 9.17) is 4.74 Å². The van der Waals surface area contributed by atoms with E-state index in [9.17, 15) is 14.7 Å². The van der Waals surface area contributed by atoms with Crippen LogP contribution in [0.15, 0.2) is 30.5 Å². The Morgan fingerprint density at radius 2 is 1.74 bits per heavy atom. The molecule has 0 spiro atoms. The standard InChI is InChI=1S/C26H34N4O4/c1-17(2)30-9-8-20-21(24(31)32)14-19(15-22(20)30)18-6-7-23(27-16-18)28-10-12-29(13-11-28)25(33)34-26(3,4)5/h6-7,14-17H,8-13H2,1-5H3,(H,31,32). The number of hydrogen-bond acceptors (Lipinski definition) is 6. The van der Waals surface area contributed by atoms with Crippen LogP contribution in [-0.4, -0.2) is 71.4 Å². The average Bonchev–Trinajstić information content (AvgIpc) is 3.22. The topological polar surface area (TPSA) is 86.2 Å². The van der Waals surface area contributed by atoms with Crippen molar-refractivity contribution in [2.24, 2.45) is 0 Å². The van der Waals surface area contributed by atoms with Crippen LogP contribution in [0.4, 0.5) is 16.3 Å². The van der Waals surface area contributed by atoms with Gasteiger partial charge < -0.3 is 24.5 Å². The van der Waals surface area contributed by atoms with Crippen molar-refractivity contribution in [1.29, 1.82) is 0 Å². The predicted octanol–water partition coefficient (Wildman–Crippen LogP) is 4.27. The first-order valence-corrected chi connectivity index (χ1v) is 11.9. The zero-order chi connectivity index (χ0) is 24.6. The molecule has 1 N–H and O–H groups in total. The number of ether oxygens (including phenoxy) is 1. The van der Waals surface area contributed by atoms with E-state index >= 15 is 0 Å². The van der Waals surface area contributed by atoms with E-state index in [2.05, 4.69) is 34.7 Å². The highest BCUT2D eigenvalue weighted by Gasteiger charge is 2.28. The lowest BCUT2D eigenvalue weighted by atomic mass is 9.98. The third-order valence-corrected chi connectivity index (χ3v) is 6.33. The summed E-state index contributed by atoms with van der Waals surface area (Å²) in [5.74, 6) is -0.0489. The molecule has 4 rings (SSSR count). The normalized spacial score (nSPS) is 16.1. The molecule has 0 unspecified atom stereocenters. The van der Waals surface area contributed by atoms with Crippen molar-refractivity contribution in [3.8, 4) is 11.1 Å². The second-order valence-electron chi connectivity index (χ2n) is 10.2. The van der Waals surface area contributed by atoms with Crippen molar-refractivity contribution in [1.82, 2.24) is 9.88 Å². The summed E-state index contributed by atoms with van der Waals surface area (Å²) in [4.78, 5) is 35.1. The Balaban J connectivity index is 1.50. The molecule has 2 aromatic rings. The van der Waals surface area contributed by atoms with Gasteiger partial charge >= 0.3 is 12.1 Å². The van der Waals surface area contributed by atoms with Crippen LogP contribution in [0.1, 0.15) is 50.5 Å². The van der Waals surface area contributed by atoms with Crippen molar-refractivity contribution < 1.29 is 19.4 Å². The Hall–Kier alpha value is -3.29. The average molecular weight is 467 g/mol. The number of aromatic nitrogens is 1.